The molecular weight excluding hydrogens is 318 g/mol. The van der Waals surface area contributed by atoms with Crippen molar-refractivity contribution in [1.29, 1.82) is 0 Å². The van der Waals surface area contributed by atoms with Crippen molar-refractivity contribution in [3.8, 4) is 0 Å². The van der Waals surface area contributed by atoms with Crippen LogP contribution in [0.3, 0.4) is 0 Å². The minimum atomic E-state index is 0.0544. The summed E-state index contributed by atoms with van der Waals surface area (Å²) in [6.07, 6.45) is 0.352. The third kappa shape index (κ3) is 3.22. The van der Waals surface area contributed by atoms with Gasteiger partial charge in [0.05, 0.1) is 6.42 Å². The molecule has 0 heterocycles. The summed E-state index contributed by atoms with van der Waals surface area (Å²) in [6.45, 7) is 0. The highest BCUT2D eigenvalue weighted by atomic mass is 16.2. The Morgan fingerprint density at radius 1 is 0.615 bits per heavy atom. The fourth-order valence-corrected chi connectivity index (χ4v) is 3.28. The van der Waals surface area contributed by atoms with Crippen LogP contribution in [-0.2, 0) is 11.2 Å². The Kier molecular flexibility index (Phi) is 4.48. The Morgan fingerprint density at radius 2 is 1.15 bits per heavy atom. The Balaban J connectivity index is 1.73. The number of fused-ring (bicyclic) bond motifs is 1. The number of para-hydroxylation sites is 2. The smallest absolute Gasteiger partial charge is 0.235 e. The molecule has 0 fully saturated rings. The fourth-order valence-electron chi connectivity index (χ4n) is 3.28. The van der Waals surface area contributed by atoms with E-state index in [9.17, 15) is 4.79 Å². The third-order valence-corrected chi connectivity index (χ3v) is 4.50. The van der Waals surface area contributed by atoms with E-state index < -0.39 is 0 Å². The maximum Gasteiger partial charge on any atom is 0.235 e. The van der Waals surface area contributed by atoms with Crippen molar-refractivity contribution in [2.75, 3.05) is 4.90 Å². The van der Waals surface area contributed by atoms with Gasteiger partial charge in [0, 0.05) is 11.4 Å². The van der Waals surface area contributed by atoms with Crippen LogP contribution in [0.1, 0.15) is 5.56 Å². The van der Waals surface area contributed by atoms with Gasteiger partial charge in [0.25, 0.3) is 0 Å². The first-order chi connectivity index (χ1) is 12.8. The number of hydrogen-bond acceptors (Lipinski definition) is 1. The van der Waals surface area contributed by atoms with Gasteiger partial charge in [0.2, 0.25) is 5.91 Å². The topological polar surface area (TPSA) is 20.3 Å². The van der Waals surface area contributed by atoms with Gasteiger partial charge in [0.1, 0.15) is 0 Å². The predicted molar refractivity (Wildman–Crippen MR) is 108 cm³/mol. The van der Waals surface area contributed by atoms with E-state index in [4.69, 9.17) is 0 Å². The standard InChI is InChI=1S/C24H19NO/c26-24(18-20-12-9-11-19-10-7-8-17-23(19)20)25(21-13-3-1-4-14-21)22-15-5-2-6-16-22/h1-17H,18H2. The van der Waals surface area contributed by atoms with Crippen molar-refractivity contribution >= 4 is 28.1 Å². The van der Waals surface area contributed by atoms with E-state index in [1.54, 1.807) is 4.90 Å². The maximum absolute atomic E-state index is 13.3. The van der Waals surface area contributed by atoms with Gasteiger partial charge in [-0.2, -0.15) is 0 Å². The van der Waals surface area contributed by atoms with Crippen molar-refractivity contribution in [2.45, 2.75) is 6.42 Å². The molecule has 0 saturated carbocycles. The molecular formula is C24H19NO. The van der Waals surface area contributed by atoms with Crippen LogP contribution in [0, 0.1) is 0 Å². The highest BCUT2D eigenvalue weighted by Gasteiger charge is 2.18. The molecule has 0 bridgehead atoms. The van der Waals surface area contributed by atoms with Gasteiger partial charge in [0.15, 0.2) is 0 Å². The largest absolute Gasteiger partial charge is 0.281 e. The van der Waals surface area contributed by atoms with E-state index in [2.05, 4.69) is 18.2 Å². The molecule has 2 heteroatoms. The summed E-state index contributed by atoms with van der Waals surface area (Å²) in [5.74, 6) is 0.0544. The minimum absolute atomic E-state index is 0.0544. The van der Waals surface area contributed by atoms with Gasteiger partial charge >= 0.3 is 0 Å². The van der Waals surface area contributed by atoms with Crippen molar-refractivity contribution in [2.24, 2.45) is 0 Å². The molecule has 0 aliphatic carbocycles. The number of rotatable bonds is 4. The average molecular weight is 337 g/mol. The molecule has 4 aromatic carbocycles. The molecule has 0 aliphatic rings. The molecule has 0 radical (unpaired) electrons. The number of benzene rings is 4. The van der Waals surface area contributed by atoms with Gasteiger partial charge in [-0.15, -0.1) is 0 Å². The van der Waals surface area contributed by atoms with E-state index in [0.717, 1.165) is 27.7 Å². The first-order valence-corrected chi connectivity index (χ1v) is 8.72. The minimum Gasteiger partial charge on any atom is -0.281 e. The summed E-state index contributed by atoms with van der Waals surface area (Å²) >= 11 is 0. The quantitative estimate of drug-likeness (QED) is 0.464. The molecule has 0 saturated heterocycles. The number of hydrogen-bond donors (Lipinski definition) is 0. The lowest BCUT2D eigenvalue weighted by atomic mass is 10.0. The first kappa shape index (κ1) is 16.1. The monoisotopic (exact) mass is 337 g/mol. The van der Waals surface area contributed by atoms with Crippen LogP contribution in [0.25, 0.3) is 10.8 Å². The lowest BCUT2D eigenvalue weighted by Crippen LogP contribution is -2.27. The highest BCUT2D eigenvalue weighted by molar-refractivity contribution is 6.03. The number of carbonyl (C=O) groups excluding carboxylic acids is 1. The molecule has 4 rings (SSSR count). The SMILES string of the molecule is O=C(Cc1cccc2ccccc12)N(c1ccccc1)c1ccccc1. The fraction of sp³-hybridized carbons (Fsp3) is 0.0417. The zero-order valence-electron chi connectivity index (χ0n) is 14.4. The molecule has 0 unspecified atom stereocenters. The van der Waals surface area contributed by atoms with Crippen LogP contribution in [-0.4, -0.2) is 5.91 Å². The van der Waals surface area contributed by atoms with Crippen LogP contribution in [0.5, 0.6) is 0 Å². The summed E-state index contributed by atoms with van der Waals surface area (Å²) in [6, 6.07) is 33.9. The zero-order chi connectivity index (χ0) is 17.8. The Hall–Kier alpha value is -3.39. The van der Waals surface area contributed by atoms with E-state index in [1.807, 2.05) is 84.9 Å². The van der Waals surface area contributed by atoms with Gasteiger partial charge in [-0.1, -0.05) is 78.9 Å². The van der Waals surface area contributed by atoms with Crippen LogP contribution < -0.4 is 4.90 Å². The maximum atomic E-state index is 13.3. The number of amides is 1. The molecule has 0 N–H and O–H groups in total. The van der Waals surface area contributed by atoms with E-state index in [-0.39, 0.29) is 5.91 Å². The molecule has 2 nitrogen and oxygen atoms in total. The summed E-state index contributed by atoms with van der Waals surface area (Å²) < 4.78 is 0. The lowest BCUT2D eigenvalue weighted by molar-refractivity contribution is -0.117. The first-order valence-electron chi connectivity index (χ1n) is 8.72. The van der Waals surface area contributed by atoms with E-state index in [0.29, 0.717) is 6.42 Å². The molecule has 126 valence electrons. The van der Waals surface area contributed by atoms with Crippen molar-refractivity contribution in [3.05, 3.63) is 109 Å². The van der Waals surface area contributed by atoms with Gasteiger partial charge in [-0.25, -0.2) is 0 Å². The van der Waals surface area contributed by atoms with Crippen LogP contribution in [0.15, 0.2) is 103 Å². The van der Waals surface area contributed by atoms with Crippen molar-refractivity contribution < 1.29 is 4.79 Å². The number of nitrogens with zero attached hydrogens (tertiary/aromatic N) is 1. The van der Waals surface area contributed by atoms with Gasteiger partial charge < -0.3 is 0 Å². The summed E-state index contributed by atoms with van der Waals surface area (Å²) in [5, 5.41) is 2.29. The molecule has 4 aromatic rings. The molecule has 0 aromatic heterocycles. The Labute approximate surface area is 153 Å². The number of carbonyl (C=O) groups is 1. The van der Waals surface area contributed by atoms with Crippen molar-refractivity contribution in [1.82, 2.24) is 0 Å². The zero-order valence-corrected chi connectivity index (χ0v) is 14.4. The molecule has 26 heavy (non-hydrogen) atoms. The second-order valence-electron chi connectivity index (χ2n) is 6.22. The van der Waals surface area contributed by atoms with Crippen LogP contribution >= 0.6 is 0 Å². The molecule has 0 spiro atoms. The van der Waals surface area contributed by atoms with Crippen LogP contribution in [0.2, 0.25) is 0 Å². The Bertz CT molecular complexity index is 981. The van der Waals surface area contributed by atoms with Gasteiger partial charge in [-0.05, 0) is 40.6 Å². The molecule has 0 aliphatic heterocycles. The Morgan fingerprint density at radius 3 is 1.81 bits per heavy atom. The second kappa shape index (κ2) is 7.24. The summed E-state index contributed by atoms with van der Waals surface area (Å²) in [7, 11) is 0. The van der Waals surface area contributed by atoms with E-state index >= 15 is 0 Å². The highest BCUT2D eigenvalue weighted by Crippen LogP contribution is 2.27. The summed E-state index contributed by atoms with van der Waals surface area (Å²) in [5.41, 5.74) is 2.80. The second-order valence-corrected chi connectivity index (χ2v) is 6.22. The molecule has 1 amide bonds. The lowest BCUT2D eigenvalue weighted by Gasteiger charge is -2.23. The van der Waals surface area contributed by atoms with E-state index in [1.165, 1.54) is 0 Å². The molecule has 0 atom stereocenters. The summed E-state index contributed by atoms with van der Waals surface area (Å²) in [4.78, 5) is 15.1. The number of anilines is 2. The third-order valence-electron chi connectivity index (χ3n) is 4.50. The average Bonchev–Trinajstić information content (AvgIpc) is 2.70. The van der Waals surface area contributed by atoms with Gasteiger partial charge in [-0.3, -0.25) is 9.69 Å². The van der Waals surface area contributed by atoms with Crippen LogP contribution in [0.4, 0.5) is 11.4 Å². The normalized spacial score (nSPS) is 10.6. The predicted octanol–water partition coefficient (Wildman–Crippen LogP) is 5.75. The van der Waals surface area contributed by atoms with Crippen molar-refractivity contribution in [3.63, 3.8) is 0 Å².